The lowest BCUT2D eigenvalue weighted by molar-refractivity contribution is 1.33. The summed E-state index contributed by atoms with van der Waals surface area (Å²) >= 11 is 17.9. The third kappa shape index (κ3) is 1.96. The lowest BCUT2D eigenvalue weighted by atomic mass is 10.1. The maximum absolute atomic E-state index is 6.11. The van der Waals surface area contributed by atoms with E-state index in [2.05, 4.69) is 4.98 Å². The highest BCUT2D eigenvalue weighted by Gasteiger charge is 2.12. The Labute approximate surface area is 108 Å². The maximum Gasteiger partial charge on any atom is 0.0784 e. The van der Waals surface area contributed by atoms with E-state index in [1.54, 1.807) is 30.6 Å². The van der Waals surface area contributed by atoms with Crippen LogP contribution in [0.15, 0.2) is 30.6 Å². The fourth-order valence-electron chi connectivity index (χ4n) is 1.36. The van der Waals surface area contributed by atoms with Gasteiger partial charge in [-0.15, -0.1) is 0 Å². The van der Waals surface area contributed by atoms with Gasteiger partial charge in [-0.25, -0.2) is 0 Å². The largest absolute Gasteiger partial charge is 0.398 e. The van der Waals surface area contributed by atoms with Crippen LogP contribution in [0.4, 0.5) is 5.69 Å². The minimum atomic E-state index is 0.323. The molecule has 0 radical (unpaired) electrons. The van der Waals surface area contributed by atoms with Gasteiger partial charge in [-0.1, -0.05) is 40.9 Å². The van der Waals surface area contributed by atoms with E-state index in [1.807, 2.05) is 0 Å². The normalized spacial score (nSPS) is 10.4. The van der Waals surface area contributed by atoms with Crippen molar-refractivity contribution in [1.29, 1.82) is 0 Å². The van der Waals surface area contributed by atoms with Crippen molar-refractivity contribution in [2.24, 2.45) is 0 Å². The number of rotatable bonds is 1. The molecular weight excluding hydrogens is 266 g/mol. The van der Waals surface area contributed by atoms with Crippen molar-refractivity contribution in [1.82, 2.24) is 4.98 Å². The molecule has 0 atom stereocenters. The van der Waals surface area contributed by atoms with Crippen LogP contribution in [0.1, 0.15) is 0 Å². The third-order valence-electron chi connectivity index (χ3n) is 2.18. The molecule has 0 aliphatic heterocycles. The smallest absolute Gasteiger partial charge is 0.0784 e. The second-order valence-corrected chi connectivity index (χ2v) is 4.35. The molecule has 5 heteroatoms. The molecule has 0 fully saturated rings. The number of nitrogens with zero attached hydrogens (tertiary/aromatic N) is 1. The Balaban J connectivity index is 2.66. The van der Waals surface area contributed by atoms with Crippen molar-refractivity contribution in [3.63, 3.8) is 0 Å². The van der Waals surface area contributed by atoms with Gasteiger partial charge in [-0.2, -0.15) is 0 Å². The Morgan fingerprint density at radius 2 is 1.69 bits per heavy atom. The van der Waals surface area contributed by atoms with Crippen LogP contribution in [-0.2, 0) is 0 Å². The first kappa shape index (κ1) is 11.5. The molecule has 2 N–H and O–H groups in total. The van der Waals surface area contributed by atoms with Crippen molar-refractivity contribution in [3.8, 4) is 11.1 Å². The zero-order valence-corrected chi connectivity index (χ0v) is 10.3. The summed E-state index contributed by atoms with van der Waals surface area (Å²) in [7, 11) is 0. The highest BCUT2D eigenvalue weighted by atomic mass is 35.5. The first-order valence-electron chi connectivity index (χ1n) is 4.44. The Kier molecular flexibility index (Phi) is 3.24. The summed E-state index contributed by atoms with van der Waals surface area (Å²) in [4.78, 5) is 4.00. The molecule has 2 aromatic rings. The Hall–Kier alpha value is -0.960. The van der Waals surface area contributed by atoms with Crippen LogP contribution in [0.5, 0.6) is 0 Å². The van der Waals surface area contributed by atoms with E-state index in [1.165, 1.54) is 0 Å². The topological polar surface area (TPSA) is 38.9 Å². The van der Waals surface area contributed by atoms with Crippen LogP contribution < -0.4 is 5.73 Å². The van der Waals surface area contributed by atoms with Crippen LogP contribution >= 0.6 is 34.8 Å². The first-order valence-corrected chi connectivity index (χ1v) is 5.58. The summed E-state index contributed by atoms with van der Waals surface area (Å²) in [5.74, 6) is 0. The van der Waals surface area contributed by atoms with Crippen LogP contribution in [-0.4, -0.2) is 4.98 Å². The van der Waals surface area contributed by atoms with Gasteiger partial charge in [0.15, 0.2) is 0 Å². The van der Waals surface area contributed by atoms with Gasteiger partial charge in [0, 0.05) is 29.2 Å². The molecule has 1 aromatic carbocycles. The average molecular weight is 274 g/mol. The van der Waals surface area contributed by atoms with Gasteiger partial charge < -0.3 is 5.73 Å². The number of pyridine rings is 1. The van der Waals surface area contributed by atoms with Gasteiger partial charge in [0.05, 0.1) is 15.1 Å². The second-order valence-electron chi connectivity index (χ2n) is 3.19. The highest BCUT2D eigenvalue weighted by molar-refractivity contribution is 6.49. The standard InChI is InChI=1S/C11H7Cl3N2/c12-8-2-1-6(10(13)11(8)14)7-5-16-4-3-9(7)15/h1-5H,(H2,15,16). The molecule has 0 unspecified atom stereocenters. The second kappa shape index (κ2) is 4.50. The molecule has 0 saturated carbocycles. The van der Waals surface area contributed by atoms with Crippen LogP contribution in [0, 0.1) is 0 Å². The van der Waals surface area contributed by atoms with Gasteiger partial charge in [-0.05, 0) is 12.1 Å². The fraction of sp³-hybridized carbons (Fsp3) is 0. The van der Waals surface area contributed by atoms with E-state index < -0.39 is 0 Å². The van der Waals surface area contributed by atoms with Crippen LogP contribution in [0.2, 0.25) is 15.1 Å². The molecule has 0 aliphatic rings. The lowest BCUT2D eigenvalue weighted by Crippen LogP contribution is -1.91. The summed E-state index contributed by atoms with van der Waals surface area (Å²) in [6.45, 7) is 0. The van der Waals surface area contributed by atoms with Gasteiger partial charge >= 0.3 is 0 Å². The van der Waals surface area contributed by atoms with E-state index in [4.69, 9.17) is 40.5 Å². The van der Waals surface area contributed by atoms with Crippen molar-refractivity contribution in [2.75, 3.05) is 5.73 Å². The number of anilines is 1. The van der Waals surface area contributed by atoms with E-state index in [0.717, 1.165) is 11.1 Å². The predicted octanol–water partition coefficient (Wildman–Crippen LogP) is 4.29. The number of nitrogens with two attached hydrogens (primary N) is 1. The summed E-state index contributed by atoms with van der Waals surface area (Å²) in [5, 5.41) is 1.12. The first-order chi connectivity index (χ1) is 7.61. The van der Waals surface area contributed by atoms with Crippen molar-refractivity contribution < 1.29 is 0 Å². The molecule has 0 saturated heterocycles. The highest BCUT2D eigenvalue weighted by Crippen LogP contribution is 2.39. The van der Waals surface area contributed by atoms with E-state index in [-0.39, 0.29) is 0 Å². The van der Waals surface area contributed by atoms with Crippen LogP contribution in [0.3, 0.4) is 0 Å². The Morgan fingerprint density at radius 1 is 0.938 bits per heavy atom. The van der Waals surface area contributed by atoms with E-state index >= 15 is 0 Å². The fourth-order valence-corrected chi connectivity index (χ4v) is 2.00. The minimum absolute atomic E-state index is 0.323. The molecule has 16 heavy (non-hydrogen) atoms. The summed E-state index contributed by atoms with van der Waals surface area (Å²) in [6, 6.07) is 5.15. The lowest BCUT2D eigenvalue weighted by Gasteiger charge is -2.09. The molecule has 0 aliphatic carbocycles. The number of hydrogen-bond acceptors (Lipinski definition) is 2. The summed E-state index contributed by atoms with van der Waals surface area (Å²) in [5.41, 5.74) is 7.89. The molecule has 1 heterocycles. The number of halogens is 3. The third-order valence-corrected chi connectivity index (χ3v) is 3.47. The number of nitrogen functional groups attached to an aromatic ring is 1. The van der Waals surface area contributed by atoms with Crippen molar-refractivity contribution >= 4 is 40.5 Å². The van der Waals surface area contributed by atoms with Crippen LogP contribution in [0.25, 0.3) is 11.1 Å². The summed E-state index contributed by atoms with van der Waals surface area (Å²) in [6.07, 6.45) is 3.26. The van der Waals surface area contributed by atoms with Gasteiger partial charge in [0.25, 0.3) is 0 Å². The predicted molar refractivity (Wildman–Crippen MR) is 69.1 cm³/mol. The number of benzene rings is 1. The molecular formula is C11H7Cl3N2. The zero-order chi connectivity index (χ0) is 11.7. The summed E-state index contributed by atoms with van der Waals surface area (Å²) < 4.78 is 0. The van der Waals surface area contributed by atoms with Gasteiger partial charge in [0.1, 0.15) is 0 Å². The average Bonchev–Trinajstić information content (AvgIpc) is 2.28. The Morgan fingerprint density at radius 3 is 2.38 bits per heavy atom. The van der Waals surface area contributed by atoms with E-state index in [9.17, 15) is 0 Å². The molecule has 0 spiro atoms. The molecule has 0 bridgehead atoms. The van der Waals surface area contributed by atoms with Crippen molar-refractivity contribution in [2.45, 2.75) is 0 Å². The molecule has 0 amide bonds. The van der Waals surface area contributed by atoms with Gasteiger partial charge in [0.2, 0.25) is 0 Å². The molecule has 82 valence electrons. The Bertz CT molecular complexity index is 541. The number of aromatic nitrogens is 1. The minimum Gasteiger partial charge on any atom is -0.398 e. The quantitative estimate of drug-likeness (QED) is 0.787. The van der Waals surface area contributed by atoms with Gasteiger partial charge in [-0.3, -0.25) is 4.98 Å². The number of hydrogen-bond donors (Lipinski definition) is 1. The molecule has 1 aromatic heterocycles. The SMILES string of the molecule is Nc1ccncc1-c1ccc(Cl)c(Cl)c1Cl. The molecule has 2 nitrogen and oxygen atoms in total. The maximum atomic E-state index is 6.11. The van der Waals surface area contributed by atoms with E-state index in [0.29, 0.717) is 20.8 Å². The molecule has 2 rings (SSSR count). The van der Waals surface area contributed by atoms with Crippen molar-refractivity contribution in [3.05, 3.63) is 45.7 Å². The monoisotopic (exact) mass is 272 g/mol. The zero-order valence-electron chi connectivity index (χ0n) is 8.05.